The molecule has 11 nitrogen and oxygen atoms in total. The molecule has 3 aromatic rings. The zero-order chi connectivity index (χ0) is 42.0. The Labute approximate surface area is 339 Å². The van der Waals surface area contributed by atoms with Crippen LogP contribution in [0.1, 0.15) is 80.7 Å². The van der Waals surface area contributed by atoms with Crippen LogP contribution in [-0.4, -0.2) is 80.7 Å². The molecule has 0 spiro atoms. The molecule has 3 aromatic carbocycles. The molecule has 1 aliphatic rings. The Balaban J connectivity index is 1.61. The van der Waals surface area contributed by atoms with E-state index in [1.54, 1.807) is 6.92 Å². The Morgan fingerprint density at radius 3 is 1.54 bits per heavy atom. The van der Waals surface area contributed by atoms with Crippen LogP contribution in [0.25, 0.3) is 0 Å². The third-order valence-electron chi connectivity index (χ3n) is 10.3. The van der Waals surface area contributed by atoms with Crippen molar-refractivity contribution >= 4 is 48.1 Å². The number of carbonyl (C=O) groups excluding carboxylic acids is 5. The van der Waals surface area contributed by atoms with Crippen LogP contribution in [-0.2, 0) is 39.6 Å². The Hall–Kier alpha value is -4.65. The first-order valence-electron chi connectivity index (χ1n) is 20.0. The van der Waals surface area contributed by atoms with Gasteiger partial charge in [0, 0.05) is 13.3 Å². The first kappa shape index (κ1) is 45.1. The molecule has 57 heavy (non-hydrogen) atoms. The fourth-order valence-electron chi connectivity index (χ4n) is 7.30. The molecule has 1 saturated heterocycles. The molecule has 4 amide bonds. The minimum Gasteiger partial charge on any atom is -0.405 e. The van der Waals surface area contributed by atoms with E-state index in [1.807, 2.05) is 119 Å². The van der Waals surface area contributed by atoms with E-state index in [0.29, 0.717) is 13.0 Å². The minimum atomic E-state index is -3.10. The van der Waals surface area contributed by atoms with Crippen LogP contribution in [0, 0.1) is 11.8 Å². The fourth-order valence-corrected chi connectivity index (χ4v) is 11.9. The fraction of sp³-hybridized carbons (Fsp3) is 0.489. The standard InChI is InChI=1S/C45H62N4O7Si/c1-30(2)25-36(40(51)45(9)29-55-45)47-42(53)38(27-33-19-13-10-14-20-33)49-41(52)37(26-31(3)4)48-43(54)39(46-32(5)50)28-56-57(44(6,7)8,34-21-15-11-16-22-34)35-23-17-12-18-24-35/h10-24,30-31,36-39H,25-29H2,1-9H3,(H,46,50)(H,47,53)(H,48,54)(H,49,52)/t36-,37-,38-,39-,45+/m0/s1. The van der Waals surface area contributed by atoms with Crippen molar-refractivity contribution in [3.63, 3.8) is 0 Å². The molecule has 0 unspecified atom stereocenters. The summed E-state index contributed by atoms with van der Waals surface area (Å²) in [5.74, 6) is -2.22. The molecule has 0 bridgehead atoms. The Kier molecular flexibility index (Phi) is 15.5. The van der Waals surface area contributed by atoms with Gasteiger partial charge in [0.15, 0.2) is 5.78 Å². The van der Waals surface area contributed by atoms with Crippen molar-refractivity contribution in [2.75, 3.05) is 13.2 Å². The van der Waals surface area contributed by atoms with Gasteiger partial charge in [-0.05, 0) is 52.6 Å². The van der Waals surface area contributed by atoms with Crippen LogP contribution in [0.15, 0.2) is 91.0 Å². The van der Waals surface area contributed by atoms with Gasteiger partial charge in [0.25, 0.3) is 8.32 Å². The number of ketones is 1. The number of amides is 4. The zero-order valence-corrected chi connectivity index (χ0v) is 36.0. The van der Waals surface area contributed by atoms with Crippen LogP contribution in [0.5, 0.6) is 0 Å². The van der Waals surface area contributed by atoms with Gasteiger partial charge in [-0.2, -0.15) is 0 Å². The summed E-state index contributed by atoms with van der Waals surface area (Å²) in [5, 5.41) is 13.1. The van der Waals surface area contributed by atoms with Crippen LogP contribution in [0.4, 0.5) is 0 Å². The average molecular weight is 799 g/mol. The van der Waals surface area contributed by atoms with E-state index in [4.69, 9.17) is 9.16 Å². The van der Waals surface area contributed by atoms with E-state index >= 15 is 0 Å². The molecule has 0 saturated carbocycles. The number of carbonyl (C=O) groups is 5. The number of rotatable bonds is 20. The quantitative estimate of drug-likeness (QED) is 0.0987. The highest BCUT2D eigenvalue weighted by Crippen LogP contribution is 2.37. The molecule has 5 atom stereocenters. The molecule has 0 aromatic heterocycles. The smallest absolute Gasteiger partial charge is 0.261 e. The lowest BCUT2D eigenvalue weighted by Gasteiger charge is -2.43. The van der Waals surface area contributed by atoms with E-state index in [2.05, 4.69) is 42.0 Å². The Bertz CT molecular complexity index is 1770. The lowest BCUT2D eigenvalue weighted by molar-refractivity contribution is -0.135. The monoisotopic (exact) mass is 798 g/mol. The lowest BCUT2D eigenvalue weighted by atomic mass is 9.93. The highest BCUT2D eigenvalue weighted by Gasteiger charge is 2.51. The number of Topliss-reactive ketones (excluding diaryl/α,β-unsaturated/α-hetero) is 1. The van der Waals surface area contributed by atoms with Crippen molar-refractivity contribution in [1.29, 1.82) is 0 Å². The topological polar surface area (TPSA) is 155 Å². The second-order valence-electron chi connectivity index (χ2n) is 17.2. The molecular weight excluding hydrogens is 737 g/mol. The summed E-state index contributed by atoms with van der Waals surface area (Å²) < 4.78 is 12.4. The highest BCUT2D eigenvalue weighted by atomic mass is 28.4. The third kappa shape index (κ3) is 12.2. The van der Waals surface area contributed by atoms with Gasteiger partial charge in [0.1, 0.15) is 23.7 Å². The van der Waals surface area contributed by atoms with Gasteiger partial charge in [-0.3, -0.25) is 24.0 Å². The van der Waals surface area contributed by atoms with Crippen molar-refractivity contribution in [2.24, 2.45) is 11.8 Å². The maximum Gasteiger partial charge on any atom is 0.261 e. The molecule has 1 fully saturated rings. The second kappa shape index (κ2) is 19.7. The molecule has 4 rings (SSSR count). The highest BCUT2D eigenvalue weighted by molar-refractivity contribution is 6.99. The van der Waals surface area contributed by atoms with E-state index in [1.165, 1.54) is 6.92 Å². The van der Waals surface area contributed by atoms with Gasteiger partial charge in [-0.25, -0.2) is 0 Å². The number of hydrogen-bond donors (Lipinski definition) is 4. The minimum absolute atomic E-state index is 0.0256. The van der Waals surface area contributed by atoms with Gasteiger partial charge >= 0.3 is 0 Å². The first-order chi connectivity index (χ1) is 26.9. The summed E-state index contributed by atoms with van der Waals surface area (Å²) in [7, 11) is -3.10. The molecule has 12 heteroatoms. The molecule has 0 aliphatic carbocycles. The zero-order valence-electron chi connectivity index (χ0n) is 35.0. The van der Waals surface area contributed by atoms with Gasteiger partial charge in [0.2, 0.25) is 23.6 Å². The predicted molar refractivity (Wildman–Crippen MR) is 225 cm³/mol. The molecule has 0 radical (unpaired) electrons. The summed E-state index contributed by atoms with van der Waals surface area (Å²) in [5.41, 5.74) is -0.138. The number of benzene rings is 3. The van der Waals surface area contributed by atoms with E-state index < -0.39 is 61.7 Å². The van der Waals surface area contributed by atoms with Gasteiger partial charge < -0.3 is 30.4 Å². The van der Waals surface area contributed by atoms with Gasteiger partial charge in [-0.1, -0.05) is 139 Å². The van der Waals surface area contributed by atoms with E-state index in [-0.39, 0.29) is 42.1 Å². The van der Waals surface area contributed by atoms with Crippen molar-refractivity contribution in [2.45, 2.75) is 116 Å². The van der Waals surface area contributed by atoms with Crippen molar-refractivity contribution in [1.82, 2.24) is 21.3 Å². The summed E-state index contributed by atoms with van der Waals surface area (Å²) in [6.45, 7) is 17.4. The number of ether oxygens (including phenoxy) is 1. The molecule has 308 valence electrons. The van der Waals surface area contributed by atoms with Crippen LogP contribution >= 0.6 is 0 Å². The molecule has 4 N–H and O–H groups in total. The molecular formula is C45H62N4O7Si. The normalized spacial score (nSPS) is 17.5. The predicted octanol–water partition coefficient (Wildman–Crippen LogP) is 4.22. The summed E-state index contributed by atoms with van der Waals surface area (Å²) in [6.07, 6.45) is 0.809. The summed E-state index contributed by atoms with van der Waals surface area (Å²) in [4.78, 5) is 68.5. The van der Waals surface area contributed by atoms with E-state index in [0.717, 1.165) is 15.9 Å². The molecule has 1 aliphatic heterocycles. The lowest BCUT2D eigenvalue weighted by Crippen LogP contribution is -2.68. The van der Waals surface area contributed by atoms with Crippen LogP contribution in [0.3, 0.4) is 0 Å². The average Bonchev–Trinajstić information content (AvgIpc) is 3.91. The summed E-state index contributed by atoms with van der Waals surface area (Å²) >= 11 is 0. The first-order valence-corrected chi connectivity index (χ1v) is 21.9. The summed E-state index contributed by atoms with van der Waals surface area (Å²) in [6, 6.07) is 25.2. The van der Waals surface area contributed by atoms with Crippen LogP contribution < -0.4 is 31.6 Å². The number of epoxide rings is 1. The molecule has 1 heterocycles. The van der Waals surface area contributed by atoms with Crippen molar-refractivity contribution < 1.29 is 33.1 Å². The van der Waals surface area contributed by atoms with Crippen molar-refractivity contribution in [3.05, 3.63) is 96.6 Å². The SMILES string of the molecule is CC(=O)N[C@@H](CO[Si](c1ccccc1)(c1ccccc1)C(C)(C)C)C(=O)N[C@@H](CC(C)C)C(=O)N[C@@H](Cc1ccccc1)C(=O)N[C@@H](CC(C)C)C(=O)[C@@]1(C)CO1. The maximum absolute atomic E-state index is 14.2. The maximum atomic E-state index is 14.2. The van der Waals surface area contributed by atoms with E-state index in [9.17, 15) is 24.0 Å². The second-order valence-corrected chi connectivity index (χ2v) is 21.5. The largest absolute Gasteiger partial charge is 0.405 e. The van der Waals surface area contributed by atoms with Gasteiger partial charge in [-0.15, -0.1) is 0 Å². The van der Waals surface area contributed by atoms with Crippen LogP contribution in [0.2, 0.25) is 5.04 Å². The van der Waals surface area contributed by atoms with Gasteiger partial charge in [0.05, 0.1) is 19.3 Å². The Morgan fingerprint density at radius 1 is 0.667 bits per heavy atom. The third-order valence-corrected chi connectivity index (χ3v) is 15.3. The number of nitrogens with one attached hydrogen (secondary N) is 4. The Morgan fingerprint density at radius 2 is 1.09 bits per heavy atom. The van der Waals surface area contributed by atoms with Crippen molar-refractivity contribution in [3.8, 4) is 0 Å². The number of hydrogen-bond acceptors (Lipinski definition) is 7.